The largest absolute Gasteiger partial charge is 0.278 e. The molecule has 0 fully saturated rings. The summed E-state index contributed by atoms with van der Waals surface area (Å²) in [6, 6.07) is 12.1. The van der Waals surface area contributed by atoms with E-state index in [1.54, 1.807) is 24.3 Å². The van der Waals surface area contributed by atoms with Crippen molar-refractivity contribution in [2.45, 2.75) is 0 Å². The van der Waals surface area contributed by atoms with E-state index in [2.05, 4.69) is 10.2 Å². The summed E-state index contributed by atoms with van der Waals surface area (Å²) in [5.74, 6) is 0. The molecule has 110 valence electrons. The van der Waals surface area contributed by atoms with Gasteiger partial charge in [-0.15, -0.1) is 0 Å². The third kappa shape index (κ3) is 3.57. The van der Waals surface area contributed by atoms with Gasteiger partial charge >= 0.3 is 0 Å². The zero-order valence-corrected chi connectivity index (χ0v) is 11.2. The molecule has 22 heavy (non-hydrogen) atoms. The first-order valence-electron chi connectivity index (χ1n) is 6.13. The van der Waals surface area contributed by atoms with Crippen molar-refractivity contribution in [3.63, 3.8) is 0 Å². The Balaban J connectivity index is 2.20. The van der Waals surface area contributed by atoms with Gasteiger partial charge in [0.05, 0.1) is 33.4 Å². The van der Waals surface area contributed by atoms with E-state index in [4.69, 9.17) is 0 Å². The van der Waals surface area contributed by atoms with E-state index in [-0.39, 0.29) is 11.4 Å². The molecule has 2 aromatic carbocycles. The number of para-hydroxylation sites is 2. The lowest BCUT2D eigenvalue weighted by molar-refractivity contribution is -0.385. The van der Waals surface area contributed by atoms with Crippen molar-refractivity contribution in [1.29, 1.82) is 0 Å². The minimum Gasteiger partial charge on any atom is -0.258 e. The fourth-order valence-electron chi connectivity index (χ4n) is 1.72. The predicted molar refractivity (Wildman–Crippen MR) is 81.4 cm³/mol. The van der Waals surface area contributed by atoms with Gasteiger partial charge in [0.25, 0.3) is 11.4 Å². The van der Waals surface area contributed by atoms with Gasteiger partial charge in [0.15, 0.2) is 0 Å². The summed E-state index contributed by atoms with van der Waals surface area (Å²) in [6.45, 7) is 0. The van der Waals surface area contributed by atoms with Gasteiger partial charge in [0, 0.05) is 12.1 Å². The van der Waals surface area contributed by atoms with Gasteiger partial charge in [-0.2, -0.15) is 10.2 Å². The highest BCUT2D eigenvalue weighted by atomic mass is 16.6. The standard InChI is InChI=1S/C14H10N4O4/c19-17(20)13-7-3-1-5-11(13)9-15-16-10-12-6-2-4-8-14(12)18(21)22/h1-10H/b15-9+,16-10?. The Kier molecular flexibility index (Phi) is 4.66. The van der Waals surface area contributed by atoms with Crippen LogP contribution < -0.4 is 0 Å². The number of nitro benzene ring substituents is 2. The highest BCUT2D eigenvalue weighted by Crippen LogP contribution is 2.16. The van der Waals surface area contributed by atoms with Gasteiger partial charge in [-0.1, -0.05) is 24.3 Å². The van der Waals surface area contributed by atoms with E-state index in [0.29, 0.717) is 11.1 Å². The van der Waals surface area contributed by atoms with Gasteiger partial charge in [-0.3, -0.25) is 20.2 Å². The topological polar surface area (TPSA) is 111 Å². The minimum atomic E-state index is -0.521. The molecule has 2 aromatic rings. The number of benzene rings is 2. The summed E-state index contributed by atoms with van der Waals surface area (Å²) in [4.78, 5) is 20.6. The molecular formula is C14H10N4O4. The zero-order chi connectivity index (χ0) is 15.9. The van der Waals surface area contributed by atoms with E-state index < -0.39 is 9.85 Å². The van der Waals surface area contributed by atoms with Crippen LogP contribution in [0.15, 0.2) is 58.7 Å². The van der Waals surface area contributed by atoms with E-state index in [0.717, 1.165) is 0 Å². The third-order valence-electron chi connectivity index (χ3n) is 2.73. The van der Waals surface area contributed by atoms with Crippen LogP contribution in [0.4, 0.5) is 11.4 Å². The summed E-state index contributed by atoms with van der Waals surface area (Å²) < 4.78 is 0. The van der Waals surface area contributed by atoms with Gasteiger partial charge in [0.1, 0.15) is 0 Å². The molecule has 8 heteroatoms. The van der Waals surface area contributed by atoms with Gasteiger partial charge < -0.3 is 0 Å². The monoisotopic (exact) mass is 298 g/mol. The van der Waals surface area contributed by atoms with Crippen molar-refractivity contribution in [3.8, 4) is 0 Å². The summed E-state index contributed by atoms with van der Waals surface area (Å²) >= 11 is 0. The van der Waals surface area contributed by atoms with Crippen molar-refractivity contribution in [1.82, 2.24) is 0 Å². The maximum absolute atomic E-state index is 10.8. The van der Waals surface area contributed by atoms with Crippen LogP contribution in [0.25, 0.3) is 0 Å². The molecule has 0 spiro atoms. The van der Waals surface area contributed by atoms with Crippen molar-refractivity contribution >= 4 is 23.8 Å². The molecule has 0 radical (unpaired) electrons. The Labute approximate surface area is 124 Å². The lowest BCUT2D eigenvalue weighted by Gasteiger charge is -1.95. The molecule has 0 bridgehead atoms. The summed E-state index contributed by atoms with van der Waals surface area (Å²) in [6.07, 6.45) is 2.45. The van der Waals surface area contributed by atoms with Crippen LogP contribution in [0.5, 0.6) is 0 Å². The fraction of sp³-hybridized carbons (Fsp3) is 0. The van der Waals surface area contributed by atoms with Crippen LogP contribution in [0.1, 0.15) is 11.1 Å². The first-order chi connectivity index (χ1) is 10.6. The fourth-order valence-corrected chi connectivity index (χ4v) is 1.72. The van der Waals surface area contributed by atoms with Crippen molar-refractivity contribution in [2.24, 2.45) is 10.2 Å². The molecule has 0 aromatic heterocycles. The molecule has 0 atom stereocenters. The molecule has 0 N–H and O–H groups in total. The molecule has 0 heterocycles. The predicted octanol–water partition coefficient (Wildman–Crippen LogP) is 2.96. The molecule has 0 amide bonds. The average Bonchev–Trinajstić information content (AvgIpc) is 2.52. The Morgan fingerprint density at radius 2 is 1.09 bits per heavy atom. The van der Waals surface area contributed by atoms with Gasteiger partial charge in [-0.25, -0.2) is 0 Å². The van der Waals surface area contributed by atoms with Gasteiger partial charge in [0.2, 0.25) is 0 Å². The van der Waals surface area contributed by atoms with Crippen LogP contribution in [-0.2, 0) is 0 Å². The van der Waals surface area contributed by atoms with Crippen LogP contribution in [0.2, 0.25) is 0 Å². The quantitative estimate of drug-likeness (QED) is 0.480. The number of nitro groups is 2. The number of hydrogen-bond donors (Lipinski definition) is 0. The lowest BCUT2D eigenvalue weighted by atomic mass is 10.2. The second-order valence-electron chi connectivity index (χ2n) is 4.12. The summed E-state index contributed by atoms with van der Waals surface area (Å²) in [5.41, 5.74) is 0.415. The maximum Gasteiger partial charge on any atom is 0.278 e. The number of nitrogens with zero attached hydrogens (tertiary/aromatic N) is 4. The molecule has 0 saturated carbocycles. The lowest BCUT2D eigenvalue weighted by Crippen LogP contribution is -1.94. The highest BCUT2D eigenvalue weighted by Gasteiger charge is 2.10. The van der Waals surface area contributed by atoms with E-state index in [9.17, 15) is 20.2 Å². The molecular weight excluding hydrogens is 288 g/mol. The van der Waals surface area contributed by atoms with E-state index in [1.165, 1.54) is 36.7 Å². The first-order valence-corrected chi connectivity index (χ1v) is 6.13. The molecule has 0 unspecified atom stereocenters. The molecule has 0 saturated heterocycles. The molecule has 0 aliphatic heterocycles. The van der Waals surface area contributed by atoms with Crippen LogP contribution >= 0.6 is 0 Å². The summed E-state index contributed by atoms with van der Waals surface area (Å²) in [5, 5.41) is 29.0. The maximum atomic E-state index is 10.8. The van der Waals surface area contributed by atoms with Crippen LogP contribution in [0.3, 0.4) is 0 Å². The minimum absolute atomic E-state index is 0.0906. The molecule has 0 aliphatic rings. The van der Waals surface area contributed by atoms with E-state index >= 15 is 0 Å². The Bertz CT molecular complexity index is 705. The molecule has 2 rings (SSSR count). The number of hydrogen-bond acceptors (Lipinski definition) is 6. The van der Waals surface area contributed by atoms with Crippen LogP contribution in [0, 0.1) is 20.2 Å². The van der Waals surface area contributed by atoms with Crippen molar-refractivity contribution in [2.75, 3.05) is 0 Å². The van der Waals surface area contributed by atoms with Crippen molar-refractivity contribution < 1.29 is 9.85 Å². The Morgan fingerprint density at radius 3 is 1.45 bits per heavy atom. The summed E-state index contributed by atoms with van der Waals surface area (Å²) in [7, 11) is 0. The van der Waals surface area contributed by atoms with Gasteiger partial charge in [-0.05, 0) is 12.1 Å². The normalized spacial score (nSPS) is 11.1. The second-order valence-corrected chi connectivity index (χ2v) is 4.12. The molecule has 0 aliphatic carbocycles. The second kappa shape index (κ2) is 6.84. The average molecular weight is 298 g/mol. The number of rotatable bonds is 5. The van der Waals surface area contributed by atoms with E-state index in [1.807, 2.05) is 0 Å². The Morgan fingerprint density at radius 1 is 0.727 bits per heavy atom. The third-order valence-corrected chi connectivity index (χ3v) is 2.73. The smallest absolute Gasteiger partial charge is 0.258 e. The highest BCUT2D eigenvalue weighted by molar-refractivity contribution is 5.87. The van der Waals surface area contributed by atoms with Crippen molar-refractivity contribution in [3.05, 3.63) is 79.9 Å². The SMILES string of the molecule is O=[N+]([O-])c1ccccc1C=N/N=C/c1ccccc1[N+](=O)[O-]. The Hall–Kier alpha value is -3.42. The first kappa shape index (κ1) is 15.0. The zero-order valence-electron chi connectivity index (χ0n) is 11.2. The molecule has 8 nitrogen and oxygen atoms in total. The van der Waals surface area contributed by atoms with Crippen LogP contribution in [-0.4, -0.2) is 22.3 Å².